The molecule has 1 aliphatic carbocycles. The molecule has 0 aromatic heterocycles. The lowest BCUT2D eigenvalue weighted by molar-refractivity contribution is 0.452. The molecule has 0 saturated heterocycles. The van der Waals surface area contributed by atoms with Crippen molar-refractivity contribution in [3.05, 3.63) is 24.0 Å². The third-order valence-electron chi connectivity index (χ3n) is 3.88. The zero-order valence-corrected chi connectivity index (χ0v) is 13.8. The highest BCUT2D eigenvalue weighted by molar-refractivity contribution is 7.90. The Bertz CT molecular complexity index is 762. The number of nitrogens with one attached hydrogen (secondary N) is 1. The van der Waals surface area contributed by atoms with Gasteiger partial charge in [-0.2, -0.15) is 0 Å². The van der Waals surface area contributed by atoms with E-state index in [4.69, 9.17) is 5.73 Å². The highest BCUT2D eigenvalue weighted by Crippen LogP contribution is 2.27. The van der Waals surface area contributed by atoms with Crippen LogP contribution in [0.25, 0.3) is 0 Å². The SMILES string of the molecule is CS(=O)(=O)c1ccc(S(=O)(=O)NC2CCCC2CN)cc1F. The number of nitrogens with two attached hydrogens (primary N) is 1. The Morgan fingerprint density at radius 2 is 1.95 bits per heavy atom. The van der Waals surface area contributed by atoms with Crippen LogP contribution < -0.4 is 10.5 Å². The lowest BCUT2D eigenvalue weighted by atomic mass is 10.1. The van der Waals surface area contributed by atoms with Crippen LogP contribution in [-0.2, 0) is 19.9 Å². The molecule has 0 amide bonds. The first-order valence-corrected chi connectivity index (χ1v) is 10.2. The van der Waals surface area contributed by atoms with Gasteiger partial charge in [0.1, 0.15) is 10.7 Å². The maximum atomic E-state index is 13.8. The van der Waals surface area contributed by atoms with E-state index in [0.717, 1.165) is 37.3 Å². The molecule has 2 atom stereocenters. The van der Waals surface area contributed by atoms with Gasteiger partial charge < -0.3 is 5.73 Å². The fraction of sp³-hybridized carbons (Fsp3) is 0.538. The molecular formula is C13H19FN2O4S2. The van der Waals surface area contributed by atoms with E-state index in [0.29, 0.717) is 13.0 Å². The summed E-state index contributed by atoms with van der Waals surface area (Å²) in [4.78, 5) is -0.813. The average Bonchev–Trinajstić information content (AvgIpc) is 2.83. The first-order chi connectivity index (χ1) is 10.1. The van der Waals surface area contributed by atoms with E-state index < -0.39 is 30.6 Å². The van der Waals surface area contributed by atoms with Crippen LogP contribution in [0.2, 0.25) is 0 Å². The molecule has 3 N–H and O–H groups in total. The predicted octanol–water partition coefficient (Wildman–Crippen LogP) is 0.635. The van der Waals surface area contributed by atoms with Crippen LogP contribution >= 0.6 is 0 Å². The number of hydrogen-bond acceptors (Lipinski definition) is 5. The molecule has 1 saturated carbocycles. The molecule has 124 valence electrons. The minimum Gasteiger partial charge on any atom is -0.330 e. The van der Waals surface area contributed by atoms with E-state index >= 15 is 0 Å². The highest BCUT2D eigenvalue weighted by atomic mass is 32.2. The molecule has 2 rings (SSSR count). The number of sulfone groups is 1. The minimum absolute atomic E-state index is 0.0647. The number of halogens is 1. The third kappa shape index (κ3) is 3.65. The van der Waals surface area contributed by atoms with Gasteiger partial charge in [-0.05, 0) is 43.5 Å². The summed E-state index contributed by atoms with van der Waals surface area (Å²) in [6, 6.07) is 2.51. The van der Waals surface area contributed by atoms with Crippen molar-refractivity contribution >= 4 is 19.9 Å². The minimum atomic E-state index is -3.91. The molecule has 1 fully saturated rings. The molecular weight excluding hydrogens is 331 g/mol. The monoisotopic (exact) mass is 350 g/mol. The Morgan fingerprint density at radius 1 is 1.27 bits per heavy atom. The summed E-state index contributed by atoms with van der Waals surface area (Å²) in [5.41, 5.74) is 5.61. The second kappa shape index (κ2) is 6.23. The molecule has 0 heterocycles. The van der Waals surface area contributed by atoms with Gasteiger partial charge in [-0.3, -0.25) is 0 Å². The Labute approximate surface area is 129 Å². The summed E-state index contributed by atoms with van der Waals surface area (Å²) in [7, 11) is -7.65. The van der Waals surface area contributed by atoms with Gasteiger partial charge in [-0.25, -0.2) is 25.9 Å². The van der Waals surface area contributed by atoms with Crippen LogP contribution in [0, 0.1) is 11.7 Å². The maximum Gasteiger partial charge on any atom is 0.240 e. The van der Waals surface area contributed by atoms with Crippen LogP contribution in [0.15, 0.2) is 28.0 Å². The van der Waals surface area contributed by atoms with Crippen molar-refractivity contribution in [1.82, 2.24) is 4.72 Å². The van der Waals surface area contributed by atoms with E-state index in [1.165, 1.54) is 0 Å². The van der Waals surface area contributed by atoms with Crippen molar-refractivity contribution < 1.29 is 21.2 Å². The Kier molecular flexibility index (Phi) is 4.90. The van der Waals surface area contributed by atoms with Crippen LogP contribution in [0.1, 0.15) is 19.3 Å². The van der Waals surface area contributed by atoms with Gasteiger partial charge in [0, 0.05) is 12.3 Å². The van der Waals surface area contributed by atoms with Gasteiger partial charge in [-0.1, -0.05) is 6.42 Å². The standard InChI is InChI=1S/C13H19FN2O4S2/c1-21(17,18)13-6-5-10(7-11(13)14)22(19,20)16-12-4-2-3-9(12)8-15/h5-7,9,12,16H,2-4,8,15H2,1H3. The summed E-state index contributed by atoms with van der Waals surface area (Å²) in [5.74, 6) is -1.01. The van der Waals surface area contributed by atoms with Gasteiger partial charge in [0.2, 0.25) is 10.0 Å². The van der Waals surface area contributed by atoms with Crippen LogP contribution in [0.4, 0.5) is 4.39 Å². The highest BCUT2D eigenvalue weighted by Gasteiger charge is 2.30. The van der Waals surface area contributed by atoms with E-state index in [9.17, 15) is 21.2 Å². The largest absolute Gasteiger partial charge is 0.330 e. The Hall–Kier alpha value is -1.03. The molecule has 0 spiro atoms. The molecule has 0 radical (unpaired) electrons. The van der Waals surface area contributed by atoms with Crippen molar-refractivity contribution in [1.29, 1.82) is 0 Å². The van der Waals surface area contributed by atoms with Crippen LogP contribution in [0.5, 0.6) is 0 Å². The molecule has 6 nitrogen and oxygen atoms in total. The van der Waals surface area contributed by atoms with Crippen molar-refractivity contribution in [2.24, 2.45) is 11.7 Å². The lowest BCUT2D eigenvalue weighted by Crippen LogP contribution is -2.39. The second-order valence-electron chi connectivity index (χ2n) is 5.52. The van der Waals surface area contributed by atoms with E-state index in [-0.39, 0.29) is 16.9 Å². The molecule has 9 heteroatoms. The quantitative estimate of drug-likeness (QED) is 0.810. The van der Waals surface area contributed by atoms with Crippen molar-refractivity contribution in [2.75, 3.05) is 12.8 Å². The molecule has 0 aliphatic heterocycles. The van der Waals surface area contributed by atoms with E-state index in [1.54, 1.807) is 0 Å². The molecule has 1 aromatic rings. The van der Waals surface area contributed by atoms with E-state index in [2.05, 4.69) is 4.72 Å². The summed E-state index contributed by atoms with van der Waals surface area (Å²) >= 11 is 0. The fourth-order valence-electron chi connectivity index (χ4n) is 2.69. The number of hydrogen-bond donors (Lipinski definition) is 2. The first kappa shape index (κ1) is 17.3. The van der Waals surface area contributed by atoms with Crippen molar-refractivity contribution in [2.45, 2.75) is 35.1 Å². The molecule has 22 heavy (non-hydrogen) atoms. The third-order valence-corrected chi connectivity index (χ3v) is 6.50. The summed E-state index contributed by atoms with van der Waals surface area (Å²) < 4.78 is 63.7. The van der Waals surface area contributed by atoms with Gasteiger partial charge in [0.25, 0.3) is 0 Å². The average molecular weight is 350 g/mol. The second-order valence-corrected chi connectivity index (χ2v) is 9.22. The number of benzene rings is 1. The maximum absolute atomic E-state index is 13.8. The fourth-order valence-corrected chi connectivity index (χ4v) is 4.77. The normalized spacial score (nSPS) is 22.9. The van der Waals surface area contributed by atoms with Gasteiger partial charge in [0.05, 0.1) is 4.90 Å². The lowest BCUT2D eigenvalue weighted by Gasteiger charge is -2.19. The summed E-state index contributed by atoms with van der Waals surface area (Å²) in [6.45, 7) is 0.383. The Morgan fingerprint density at radius 3 is 2.50 bits per heavy atom. The van der Waals surface area contributed by atoms with Gasteiger partial charge >= 0.3 is 0 Å². The zero-order chi connectivity index (χ0) is 16.5. The number of sulfonamides is 1. The van der Waals surface area contributed by atoms with Crippen LogP contribution in [-0.4, -0.2) is 35.7 Å². The van der Waals surface area contributed by atoms with E-state index in [1.807, 2.05) is 0 Å². The first-order valence-electron chi connectivity index (χ1n) is 6.87. The smallest absolute Gasteiger partial charge is 0.240 e. The number of rotatable bonds is 5. The van der Waals surface area contributed by atoms with Gasteiger partial charge in [-0.15, -0.1) is 0 Å². The molecule has 0 bridgehead atoms. The molecule has 1 aromatic carbocycles. The van der Waals surface area contributed by atoms with Gasteiger partial charge in [0.15, 0.2) is 9.84 Å². The topological polar surface area (TPSA) is 106 Å². The molecule has 1 aliphatic rings. The predicted molar refractivity (Wildman–Crippen MR) is 80.0 cm³/mol. The summed E-state index contributed by atoms with van der Waals surface area (Å²) in [5, 5.41) is 0. The Balaban J connectivity index is 2.29. The molecule has 2 unspecified atom stereocenters. The van der Waals surface area contributed by atoms with Crippen molar-refractivity contribution in [3.63, 3.8) is 0 Å². The summed E-state index contributed by atoms with van der Waals surface area (Å²) in [6.07, 6.45) is 3.29. The zero-order valence-electron chi connectivity index (χ0n) is 12.1. The van der Waals surface area contributed by atoms with Crippen molar-refractivity contribution in [3.8, 4) is 0 Å². The van der Waals surface area contributed by atoms with Crippen LogP contribution in [0.3, 0.4) is 0 Å².